The fraction of sp³-hybridized carbons (Fsp3) is 0.182. The van der Waals surface area contributed by atoms with E-state index in [1.807, 2.05) is 6.08 Å². The molecule has 5 N–H and O–H groups in total. The van der Waals surface area contributed by atoms with Gasteiger partial charge in [0, 0.05) is 22.8 Å². The van der Waals surface area contributed by atoms with Gasteiger partial charge in [0.25, 0.3) is 5.91 Å². The molecule has 0 atom stereocenters. The highest BCUT2D eigenvalue weighted by Crippen LogP contribution is 2.39. The Hall–Kier alpha value is -3.80. The maximum absolute atomic E-state index is 12.8. The van der Waals surface area contributed by atoms with Crippen LogP contribution in [0.2, 0.25) is 0 Å². The van der Waals surface area contributed by atoms with Crippen molar-refractivity contribution in [2.24, 2.45) is 5.84 Å². The first-order valence-corrected chi connectivity index (χ1v) is 11.2. The van der Waals surface area contributed by atoms with Crippen LogP contribution in [0.4, 0.5) is 11.5 Å². The molecule has 1 aliphatic heterocycles. The van der Waals surface area contributed by atoms with Crippen molar-refractivity contribution in [1.82, 2.24) is 14.6 Å². The highest BCUT2D eigenvalue weighted by molar-refractivity contribution is 7.07. The van der Waals surface area contributed by atoms with E-state index in [-0.39, 0.29) is 30.5 Å². The fourth-order valence-corrected chi connectivity index (χ4v) is 4.42. The normalized spacial score (nSPS) is 15.2. The summed E-state index contributed by atoms with van der Waals surface area (Å²) >= 11 is 1.30. The molecular formula is C22H21N7O3S. The number of thiazole rings is 1. The van der Waals surface area contributed by atoms with Gasteiger partial charge in [-0.1, -0.05) is 12.2 Å². The molecule has 0 unspecified atom stereocenters. The number of ketones is 1. The highest BCUT2D eigenvalue weighted by Gasteiger charge is 2.31. The number of Topliss-reactive ketones (excluding diaryl/α,β-unsaturated/α-hetero) is 1. The molecule has 33 heavy (non-hydrogen) atoms. The molecule has 0 radical (unpaired) electrons. The third-order valence-electron chi connectivity index (χ3n) is 5.46. The van der Waals surface area contributed by atoms with Gasteiger partial charge in [0.1, 0.15) is 12.3 Å². The molecule has 0 bridgehead atoms. The topological polar surface area (TPSA) is 141 Å². The molecule has 3 aromatic heterocycles. The van der Waals surface area contributed by atoms with Crippen LogP contribution in [0, 0.1) is 0 Å². The Morgan fingerprint density at radius 3 is 2.91 bits per heavy atom. The summed E-state index contributed by atoms with van der Waals surface area (Å²) in [6.45, 7) is 0.199. The summed E-state index contributed by atoms with van der Waals surface area (Å²) < 4.78 is 6.87. The largest absolute Gasteiger partial charge is 0.367 e. The molecule has 0 saturated carbocycles. The lowest BCUT2D eigenvalue weighted by Gasteiger charge is -2.17. The standard InChI is InChI=1S/C22H21N7O3S/c23-28-16-9-32-10-17(30)19(16)20(27-14-4-2-1-3-5-14)21(28)13-6-7-25-18(8-13)29(24)22(31)15-11-33-12-26-15/h2,4-8,11-12,27H,1,3,9-10,23-24H2. The number of hydrazine groups is 1. The van der Waals surface area contributed by atoms with Gasteiger partial charge in [-0.3, -0.25) is 14.3 Å². The Labute approximate surface area is 193 Å². The Bertz CT molecular complexity index is 1290. The van der Waals surface area contributed by atoms with E-state index in [9.17, 15) is 9.59 Å². The number of pyridine rings is 1. The van der Waals surface area contributed by atoms with Crippen molar-refractivity contribution in [3.05, 3.63) is 70.1 Å². The van der Waals surface area contributed by atoms with Crippen LogP contribution >= 0.6 is 11.3 Å². The van der Waals surface area contributed by atoms with Gasteiger partial charge in [0.2, 0.25) is 0 Å². The maximum Gasteiger partial charge on any atom is 0.293 e. The zero-order valence-corrected chi connectivity index (χ0v) is 18.3. The van der Waals surface area contributed by atoms with E-state index in [1.165, 1.54) is 22.2 Å². The number of nitrogens with zero attached hydrogens (tertiary/aromatic N) is 4. The number of hydrogen-bond acceptors (Lipinski definition) is 9. The molecule has 0 saturated heterocycles. The minimum atomic E-state index is -0.484. The number of amides is 1. The second kappa shape index (κ2) is 8.62. The highest BCUT2D eigenvalue weighted by atomic mass is 32.1. The van der Waals surface area contributed by atoms with E-state index in [1.54, 1.807) is 23.0 Å². The lowest BCUT2D eigenvalue weighted by molar-refractivity contribution is 0.0654. The Morgan fingerprint density at radius 2 is 2.15 bits per heavy atom. The maximum atomic E-state index is 12.8. The molecule has 1 amide bonds. The van der Waals surface area contributed by atoms with Gasteiger partial charge in [-0.2, -0.15) is 0 Å². The number of carbonyl (C=O) groups excluding carboxylic acids is 2. The Balaban J connectivity index is 1.60. The number of allylic oxidation sites excluding steroid dienone is 3. The zero-order valence-electron chi connectivity index (χ0n) is 17.5. The lowest BCUT2D eigenvalue weighted by Crippen LogP contribution is -2.38. The van der Waals surface area contributed by atoms with Crippen LogP contribution < -0.4 is 22.0 Å². The quantitative estimate of drug-likeness (QED) is 0.298. The zero-order chi connectivity index (χ0) is 22.9. The molecule has 10 nitrogen and oxygen atoms in total. The van der Waals surface area contributed by atoms with E-state index in [0.29, 0.717) is 28.2 Å². The molecule has 0 spiro atoms. The number of hydrogen-bond donors (Lipinski definition) is 3. The Kier molecular flexibility index (Phi) is 5.50. The van der Waals surface area contributed by atoms with Crippen LogP contribution in [-0.4, -0.2) is 32.9 Å². The van der Waals surface area contributed by atoms with Crippen molar-refractivity contribution >= 4 is 34.5 Å². The number of rotatable bonds is 5. The minimum absolute atomic E-state index is 0.0136. The summed E-state index contributed by atoms with van der Waals surface area (Å²) in [4.78, 5) is 33.7. The third-order valence-corrected chi connectivity index (χ3v) is 6.04. The minimum Gasteiger partial charge on any atom is -0.367 e. The predicted molar refractivity (Wildman–Crippen MR) is 125 cm³/mol. The molecule has 4 heterocycles. The van der Waals surface area contributed by atoms with Crippen molar-refractivity contribution in [2.75, 3.05) is 22.8 Å². The van der Waals surface area contributed by atoms with Crippen LogP contribution in [0.15, 0.2) is 53.1 Å². The van der Waals surface area contributed by atoms with Gasteiger partial charge in [-0.05, 0) is 31.1 Å². The first kappa shape index (κ1) is 21.1. The second-order valence-corrected chi connectivity index (χ2v) is 8.27. The van der Waals surface area contributed by atoms with Crippen LogP contribution in [-0.2, 0) is 11.3 Å². The van der Waals surface area contributed by atoms with Gasteiger partial charge >= 0.3 is 0 Å². The van der Waals surface area contributed by atoms with Gasteiger partial charge in [-0.15, -0.1) is 11.3 Å². The summed E-state index contributed by atoms with van der Waals surface area (Å²) in [5.41, 5.74) is 5.53. The number of aromatic nitrogens is 3. The van der Waals surface area contributed by atoms with E-state index < -0.39 is 5.91 Å². The molecule has 11 heteroatoms. The fourth-order valence-electron chi connectivity index (χ4n) is 3.89. The van der Waals surface area contributed by atoms with Crippen molar-refractivity contribution in [1.29, 1.82) is 0 Å². The molecular weight excluding hydrogens is 442 g/mol. The summed E-state index contributed by atoms with van der Waals surface area (Å²) in [6, 6.07) is 3.40. The lowest BCUT2D eigenvalue weighted by atomic mass is 10.0. The number of ether oxygens (including phenoxy) is 1. The number of nitrogen functional groups attached to an aromatic ring is 1. The number of fused-ring (bicyclic) bond motifs is 1. The van der Waals surface area contributed by atoms with Crippen molar-refractivity contribution < 1.29 is 14.3 Å². The first-order valence-electron chi connectivity index (χ1n) is 10.3. The SMILES string of the molecule is NN(C(=O)c1cscn1)c1cc(-c2c(NC3=CCCC=C3)c3c(n2N)COCC3=O)ccn1. The van der Waals surface area contributed by atoms with Crippen LogP contribution in [0.25, 0.3) is 11.3 Å². The summed E-state index contributed by atoms with van der Waals surface area (Å²) in [7, 11) is 0. The monoisotopic (exact) mass is 463 g/mol. The van der Waals surface area contributed by atoms with Gasteiger partial charge in [0.15, 0.2) is 11.6 Å². The molecule has 0 fully saturated rings. The van der Waals surface area contributed by atoms with Crippen LogP contribution in [0.1, 0.15) is 39.4 Å². The van der Waals surface area contributed by atoms with Crippen molar-refractivity contribution in [3.63, 3.8) is 0 Å². The van der Waals surface area contributed by atoms with E-state index in [0.717, 1.165) is 23.5 Å². The van der Waals surface area contributed by atoms with E-state index in [4.69, 9.17) is 16.4 Å². The van der Waals surface area contributed by atoms with Crippen LogP contribution in [0.5, 0.6) is 0 Å². The second-order valence-electron chi connectivity index (χ2n) is 7.55. The molecule has 168 valence electrons. The summed E-state index contributed by atoms with van der Waals surface area (Å²) in [5.74, 6) is 12.1. The van der Waals surface area contributed by atoms with Gasteiger partial charge in [-0.25, -0.2) is 20.8 Å². The van der Waals surface area contributed by atoms with E-state index >= 15 is 0 Å². The van der Waals surface area contributed by atoms with Gasteiger partial charge < -0.3 is 15.9 Å². The number of nitrogens with two attached hydrogens (primary N) is 2. The smallest absolute Gasteiger partial charge is 0.293 e. The summed E-state index contributed by atoms with van der Waals surface area (Å²) in [5, 5.41) is 5.93. The van der Waals surface area contributed by atoms with Crippen LogP contribution in [0.3, 0.4) is 0 Å². The van der Waals surface area contributed by atoms with Gasteiger partial charge in [0.05, 0.1) is 34.8 Å². The van der Waals surface area contributed by atoms with Crippen molar-refractivity contribution in [2.45, 2.75) is 19.4 Å². The number of carbonyl (C=O) groups is 2. The molecule has 1 aliphatic carbocycles. The molecule has 0 aromatic carbocycles. The van der Waals surface area contributed by atoms with E-state index in [2.05, 4.69) is 27.4 Å². The molecule has 2 aliphatic rings. The average Bonchev–Trinajstić information content (AvgIpc) is 3.47. The predicted octanol–water partition coefficient (Wildman–Crippen LogP) is 2.60. The number of nitrogens with one attached hydrogen (secondary N) is 1. The first-order chi connectivity index (χ1) is 16.0. The van der Waals surface area contributed by atoms with Crippen molar-refractivity contribution in [3.8, 4) is 11.3 Å². The number of anilines is 2. The molecule has 5 rings (SSSR count). The third kappa shape index (κ3) is 3.82. The molecule has 3 aromatic rings. The average molecular weight is 464 g/mol. The Morgan fingerprint density at radius 1 is 1.27 bits per heavy atom. The summed E-state index contributed by atoms with van der Waals surface area (Å²) in [6.07, 6.45) is 9.51.